The molecule has 0 saturated heterocycles. The van der Waals surface area contributed by atoms with E-state index in [0.29, 0.717) is 13.6 Å². The Labute approximate surface area is 145 Å². The molecule has 6 heteroatoms. The van der Waals surface area contributed by atoms with Crippen molar-refractivity contribution in [2.45, 2.75) is 31.7 Å². The van der Waals surface area contributed by atoms with Gasteiger partial charge >= 0.3 is 0 Å². The summed E-state index contributed by atoms with van der Waals surface area (Å²) in [7, 11) is 0. The van der Waals surface area contributed by atoms with Crippen LogP contribution < -0.4 is 5.32 Å². The van der Waals surface area contributed by atoms with Crippen LogP contribution in [0.1, 0.15) is 31.2 Å². The lowest BCUT2D eigenvalue weighted by molar-refractivity contribution is -0.117. The van der Waals surface area contributed by atoms with Gasteiger partial charge in [0.25, 0.3) is 5.91 Å². The molecular formula is C15H14BrIN2O2. The van der Waals surface area contributed by atoms with Gasteiger partial charge in [0.05, 0.1) is 8.04 Å². The van der Waals surface area contributed by atoms with Gasteiger partial charge in [0.15, 0.2) is 0 Å². The monoisotopic (exact) mass is 460 g/mol. The molecule has 0 aliphatic heterocycles. The number of carbonyl (C=O) groups is 1. The van der Waals surface area contributed by atoms with E-state index in [4.69, 9.17) is 0 Å². The molecule has 0 heterocycles. The predicted molar refractivity (Wildman–Crippen MR) is 92.5 cm³/mol. The van der Waals surface area contributed by atoms with Gasteiger partial charge in [-0.05, 0) is 75.1 Å². The average molecular weight is 461 g/mol. The quantitative estimate of drug-likeness (QED) is 0.410. The first-order valence-corrected chi connectivity index (χ1v) is 8.49. The fraction of sp³-hybridized carbons (Fsp3) is 0.333. The van der Waals surface area contributed by atoms with Gasteiger partial charge in [0.2, 0.25) is 0 Å². The summed E-state index contributed by atoms with van der Waals surface area (Å²) >= 11 is 5.25. The van der Waals surface area contributed by atoms with Gasteiger partial charge < -0.3 is 10.4 Å². The molecule has 2 N–H and O–H groups in total. The molecule has 110 valence electrons. The lowest BCUT2D eigenvalue weighted by atomic mass is 10.1. The van der Waals surface area contributed by atoms with Crippen molar-refractivity contribution in [2.75, 3.05) is 0 Å². The van der Waals surface area contributed by atoms with Gasteiger partial charge in [-0.1, -0.05) is 12.8 Å². The number of phenolic OH excluding ortho intramolecular Hbond substituents is 1. The average Bonchev–Trinajstić information content (AvgIpc) is 2.94. The highest BCUT2D eigenvalue weighted by Gasteiger charge is 2.19. The number of nitrogens with zero attached hydrogens (tertiary/aromatic N) is 1. The smallest absolute Gasteiger partial charge is 0.262 e. The summed E-state index contributed by atoms with van der Waals surface area (Å²) < 4.78 is 1.19. The maximum absolute atomic E-state index is 12.1. The third kappa shape index (κ3) is 4.20. The van der Waals surface area contributed by atoms with Crippen LogP contribution in [0.25, 0.3) is 6.08 Å². The molecule has 21 heavy (non-hydrogen) atoms. The van der Waals surface area contributed by atoms with E-state index in [9.17, 15) is 15.2 Å². The van der Waals surface area contributed by atoms with Gasteiger partial charge in [-0.3, -0.25) is 4.79 Å². The van der Waals surface area contributed by atoms with E-state index in [1.807, 2.05) is 28.7 Å². The molecule has 0 unspecified atom stereocenters. The highest BCUT2D eigenvalue weighted by Crippen LogP contribution is 2.31. The Morgan fingerprint density at radius 2 is 2.14 bits per heavy atom. The number of nitriles is 1. The molecule has 0 atom stereocenters. The molecular weight excluding hydrogens is 447 g/mol. The van der Waals surface area contributed by atoms with E-state index >= 15 is 0 Å². The number of halogens is 2. The standard InChI is InChI=1S/C15H14BrIN2O2/c16-12-6-9(7-13(17)14(12)20)5-10(8-18)15(21)19-11-3-1-2-4-11/h5-7,11,20H,1-4H2,(H,19,21)/b10-5-. The van der Waals surface area contributed by atoms with Crippen LogP contribution in [-0.4, -0.2) is 17.1 Å². The number of hydrogen-bond donors (Lipinski definition) is 2. The third-order valence-corrected chi connectivity index (χ3v) is 4.83. The van der Waals surface area contributed by atoms with Gasteiger partial charge in [-0.25, -0.2) is 0 Å². The number of carbonyl (C=O) groups excluding carboxylic acids is 1. The van der Waals surface area contributed by atoms with Crippen LogP contribution in [0.5, 0.6) is 5.75 Å². The summed E-state index contributed by atoms with van der Waals surface area (Å²) in [4.78, 5) is 12.1. The molecule has 1 aliphatic carbocycles. The third-order valence-electron chi connectivity index (χ3n) is 3.41. The molecule has 4 nitrogen and oxygen atoms in total. The maximum atomic E-state index is 12.1. The summed E-state index contributed by atoms with van der Waals surface area (Å²) in [5.41, 5.74) is 0.775. The second kappa shape index (κ2) is 7.27. The van der Waals surface area contributed by atoms with Crippen LogP contribution in [0.3, 0.4) is 0 Å². The van der Waals surface area contributed by atoms with Crippen molar-refractivity contribution >= 4 is 50.5 Å². The second-order valence-corrected chi connectivity index (χ2v) is 6.97. The number of phenols is 1. The lowest BCUT2D eigenvalue weighted by Crippen LogP contribution is -2.33. The van der Waals surface area contributed by atoms with Crippen molar-refractivity contribution in [1.82, 2.24) is 5.32 Å². The van der Waals surface area contributed by atoms with E-state index in [1.165, 1.54) is 6.08 Å². The summed E-state index contributed by atoms with van der Waals surface area (Å²) in [5.74, 6) is -0.176. The highest BCUT2D eigenvalue weighted by molar-refractivity contribution is 14.1. The first-order valence-electron chi connectivity index (χ1n) is 6.62. The Balaban J connectivity index is 2.20. The van der Waals surface area contributed by atoms with Crippen LogP contribution in [0.2, 0.25) is 0 Å². The van der Waals surface area contributed by atoms with E-state index in [0.717, 1.165) is 25.7 Å². The molecule has 1 aliphatic rings. The fourth-order valence-corrected chi connectivity index (χ4v) is 3.82. The van der Waals surface area contributed by atoms with Crippen LogP contribution >= 0.6 is 38.5 Å². The fourth-order valence-electron chi connectivity index (χ4n) is 2.32. The zero-order valence-electron chi connectivity index (χ0n) is 11.2. The Bertz CT molecular complexity index is 608. The zero-order valence-corrected chi connectivity index (χ0v) is 14.9. The summed E-state index contributed by atoms with van der Waals surface area (Å²) in [6, 6.07) is 5.53. The molecule has 1 aromatic carbocycles. The molecule has 0 spiro atoms. The maximum Gasteiger partial charge on any atom is 0.262 e. The van der Waals surface area contributed by atoms with Crippen molar-refractivity contribution in [3.05, 3.63) is 31.3 Å². The molecule has 0 bridgehead atoms. The van der Waals surface area contributed by atoms with Gasteiger partial charge in [0, 0.05) is 6.04 Å². The Morgan fingerprint density at radius 1 is 1.48 bits per heavy atom. The summed E-state index contributed by atoms with van der Waals surface area (Å²) in [6.07, 6.45) is 5.75. The summed E-state index contributed by atoms with van der Waals surface area (Å²) in [5, 5.41) is 21.8. The van der Waals surface area contributed by atoms with Crippen molar-refractivity contribution in [1.29, 1.82) is 5.26 Å². The van der Waals surface area contributed by atoms with E-state index < -0.39 is 0 Å². The minimum atomic E-state index is -0.330. The topological polar surface area (TPSA) is 73.1 Å². The minimum Gasteiger partial charge on any atom is -0.506 e. The molecule has 1 amide bonds. The summed E-state index contributed by atoms with van der Waals surface area (Å²) in [6.45, 7) is 0. The highest BCUT2D eigenvalue weighted by atomic mass is 127. The number of rotatable bonds is 3. The Hall–Kier alpha value is -1.07. The van der Waals surface area contributed by atoms with Crippen molar-refractivity contribution in [2.24, 2.45) is 0 Å². The van der Waals surface area contributed by atoms with Crippen LogP contribution in [0.15, 0.2) is 22.2 Å². The number of nitrogens with one attached hydrogen (secondary N) is 1. The van der Waals surface area contributed by atoms with Crippen molar-refractivity contribution < 1.29 is 9.90 Å². The zero-order chi connectivity index (χ0) is 15.4. The van der Waals surface area contributed by atoms with E-state index in [1.54, 1.807) is 12.1 Å². The largest absolute Gasteiger partial charge is 0.506 e. The molecule has 2 rings (SSSR count). The lowest BCUT2D eigenvalue weighted by Gasteiger charge is -2.11. The molecule has 1 fully saturated rings. The second-order valence-electron chi connectivity index (χ2n) is 4.96. The first kappa shape index (κ1) is 16.3. The molecule has 0 aromatic heterocycles. The molecule has 1 saturated carbocycles. The Kier molecular flexibility index (Phi) is 5.65. The van der Waals surface area contributed by atoms with Crippen LogP contribution in [-0.2, 0) is 4.79 Å². The number of amides is 1. The van der Waals surface area contributed by atoms with Crippen LogP contribution in [0.4, 0.5) is 0 Å². The number of hydrogen-bond acceptors (Lipinski definition) is 3. The van der Waals surface area contributed by atoms with E-state index in [2.05, 4.69) is 21.2 Å². The van der Waals surface area contributed by atoms with Gasteiger partial charge in [-0.15, -0.1) is 0 Å². The predicted octanol–water partition coefficient (Wildman–Crippen LogP) is 3.73. The van der Waals surface area contributed by atoms with Gasteiger partial charge in [-0.2, -0.15) is 5.26 Å². The van der Waals surface area contributed by atoms with Crippen molar-refractivity contribution in [3.8, 4) is 11.8 Å². The number of aromatic hydroxyl groups is 1. The minimum absolute atomic E-state index is 0.0790. The number of benzene rings is 1. The van der Waals surface area contributed by atoms with E-state index in [-0.39, 0.29) is 23.3 Å². The first-order chi connectivity index (χ1) is 10.0. The molecule has 1 aromatic rings. The SMILES string of the molecule is N#C/C(=C/c1cc(Br)c(O)c(I)c1)C(=O)NC1CCCC1. The van der Waals surface area contributed by atoms with Crippen LogP contribution in [0, 0.1) is 14.9 Å². The van der Waals surface area contributed by atoms with Crippen molar-refractivity contribution in [3.63, 3.8) is 0 Å². The normalized spacial score (nSPS) is 15.8. The van der Waals surface area contributed by atoms with Gasteiger partial charge in [0.1, 0.15) is 17.4 Å². The molecule has 0 radical (unpaired) electrons. The Morgan fingerprint density at radius 3 is 2.71 bits per heavy atom.